The van der Waals surface area contributed by atoms with E-state index in [2.05, 4.69) is 16.0 Å². The standard InChI is InChI=1S/C13H21N3O/c1-3-15-13(17)9(2)16-8-7-10-11(14)5-4-6-12(10)16/h7-9,11H,3-6,14H2,1-2H3,(H,15,17). The van der Waals surface area contributed by atoms with E-state index in [-0.39, 0.29) is 18.0 Å². The fourth-order valence-electron chi connectivity index (χ4n) is 2.56. The lowest BCUT2D eigenvalue weighted by atomic mass is 9.93. The summed E-state index contributed by atoms with van der Waals surface area (Å²) in [5, 5.41) is 2.86. The maximum atomic E-state index is 11.8. The van der Waals surface area contributed by atoms with Gasteiger partial charge in [0.15, 0.2) is 0 Å². The van der Waals surface area contributed by atoms with Crippen molar-refractivity contribution in [3.8, 4) is 0 Å². The molecular formula is C13H21N3O. The predicted octanol–water partition coefficient (Wildman–Crippen LogP) is 1.52. The Hall–Kier alpha value is -1.29. The minimum Gasteiger partial charge on any atom is -0.355 e. The second-order valence-corrected chi connectivity index (χ2v) is 4.69. The third-order valence-corrected chi connectivity index (χ3v) is 3.54. The summed E-state index contributed by atoms with van der Waals surface area (Å²) in [4.78, 5) is 11.8. The van der Waals surface area contributed by atoms with Gasteiger partial charge in [-0.25, -0.2) is 0 Å². The summed E-state index contributed by atoms with van der Waals surface area (Å²) in [6.07, 6.45) is 5.18. The molecule has 17 heavy (non-hydrogen) atoms. The van der Waals surface area contributed by atoms with Crippen LogP contribution in [0.5, 0.6) is 0 Å². The minimum absolute atomic E-state index is 0.0741. The molecule has 4 nitrogen and oxygen atoms in total. The van der Waals surface area contributed by atoms with Gasteiger partial charge in [-0.1, -0.05) is 0 Å². The van der Waals surface area contributed by atoms with Crippen molar-refractivity contribution in [2.75, 3.05) is 6.54 Å². The van der Waals surface area contributed by atoms with E-state index in [9.17, 15) is 4.79 Å². The highest BCUT2D eigenvalue weighted by Gasteiger charge is 2.24. The first kappa shape index (κ1) is 12.2. The Morgan fingerprint density at radius 1 is 1.71 bits per heavy atom. The van der Waals surface area contributed by atoms with Gasteiger partial charge in [0.05, 0.1) is 0 Å². The van der Waals surface area contributed by atoms with Gasteiger partial charge in [-0.2, -0.15) is 0 Å². The molecule has 0 saturated heterocycles. The quantitative estimate of drug-likeness (QED) is 0.834. The zero-order valence-corrected chi connectivity index (χ0v) is 10.6. The summed E-state index contributed by atoms with van der Waals surface area (Å²) in [7, 11) is 0. The van der Waals surface area contributed by atoms with Gasteiger partial charge in [0.2, 0.25) is 5.91 Å². The van der Waals surface area contributed by atoms with Gasteiger partial charge in [0.1, 0.15) is 6.04 Å². The normalized spacial score (nSPS) is 20.8. The second-order valence-electron chi connectivity index (χ2n) is 4.69. The maximum Gasteiger partial charge on any atom is 0.242 e. The van der Waals surface area contributed by atoms with E-state index in [1.807, 2.05) is 20.0 Å². The third kappa shape index (κ3) is 2.22. The fraction of sp³-hybridized carbons (Fsp3) is 0.615. The van der Waals surface area contributed by atoms with Crippen LogP contribution in [0.4, 0.5) is 0 Å². The zero-order chi connectivity index (χ0) is 12.4. The second kappa shape index (κ2) is 4.92. The van der Waals surface area contributed by atoms with Crippen molar-refractivity contribution in [2.24, 2.45) is 5.73 Å². The van der Waals surface area contributed by atoms with Crippen LogP contribution in [0.2, 0.25) is 0 Å². The maximum absolute atomic E-state index is 11.8. The first-order chi connectivity index (χ1) is 8.15. The molecule has 2 unspecified atom stereocenters. The van der Waals surface area contributed by atoms with Crippen LogP contribution in [0, 0.1) is 0 Å². The Bertz CT molecular complexity index is 411. The first-order valence-electron chi connectivity index (χ1n) is 6.38. The molecule has 1 aromatic heterocycles. The third-order valence-electron chi connectivity index (χ3n) is 3.54. The van der Waals surface area contributed by atoms with Crippen LogP contribution >= 0.6 is 0 Å². The van der Waals surface area contributed by atoms with E-state index < -0.39 is 0 Å². The number of hydrogen-bond donors (Lipinski definition) is 2. The summed E-state index contributed by atoms with van der Waals surface area (Å²) in [6.45, 7) is 4.54. The molecule has 3 N–H and O–H groups in total. The lowest BCUT2D eigenvalue weighted by molar-refractivity contribution is -0.123. The number of rotatable bonds is 3. The van der Waals surface area contributed by atoms with Crippen LogP contribution < -0.4 is 11.1 Å². The van der Waals surface area contributed by atoms with Gasteiger partial charge >= 0.3 is 0 Å². The van der Waals surface area contributed by atoms with Crippen molar-refractivity contribution in [3.05, 3.63) is 23.5 Å². The number of likely N-dealkylation sites (N-methyl/N-ethyl adjacent to an activating group) is 1. The Balaban J connectivity index is 2.25. The smallest absolute Gasteiger partial charge is 0.242 e. The monoisotopic (exact) mass is 235 g/mol. The molecule has 0 aliphatic heterocycles. The number of hydrogen-bond acceptors (Lipinski definition) is 2. The Labute approximate surface area is 102 Å². The van der Waals surface area contributed by atoms with E-state index in [0.717, 1.165) is 19.3 Å². The Morgan fingerprint density at radius 2 is 2.47 bits per heavy atom. The molecule has 2 atom stereocenters. The lowest BCUT2D eigenvalue weighted by Crippen LogP contribution is -2.31. The predicted molar refractivity (Wildman–Crippen MR) is 67.7 cm³/mol. The van der Waals surface area contributed by atoms with Crippen LogP contribution in [-0.4, -0.2) is 17.0 Å². The van der Waals surface area contributed by atoms with Crippen molar-refractivity contribution in [2.45, 2.75) is 45.2 Å². The Kier molecular flexibility index (Phi) is 3.52. The first-order valence-corrected chi connectivity index (χ1v) is 6.38. The van der Waals surface area contributed by atoms with Crippen LogP contribution in [0.15, 0.2) is 12.3 Å². The molecule has 1 aliphatic rings. The van der Waals surface area contributed by atoms with Crippen LogP contribution in [-0.2, 0) is 11.2 Å². The molecule has 1 amide bonds. The van der Waals surface area contributed by atoms with Gasteiger partial charge in [0.25, 0.3) is 0 Å². The molecule has 2 rings (SSSR count). The van der Waals surface area contributed by atoms with Gasteiger partial charge in [0, 0.05) is 24.5 Å². The zero-order valence-electron chi connectivity index (χ0n) is 10.6. The molecule has 1 heterocycles. The van der Waals surface area contributed by atoms with E-state index >= 15 is 0 Å². The molecule has 0 bridgehead atoms. The number of amides is 1. The molecule has 0 aromatic carbocycles. The molecule has 94 valence electrons. The number of nitrogens with zero attached hydrogens (tertiary/aromatic N) is 1. The van der Waals surface area contributed by atoms with Crippen LogP contribution in [0.25, 0.3) is 0 Å². The molecule has 0 saturated carbocycles. The number of carbonyl (C=O) groups excluding carboxylic acids is 1. The van der Waals surface area contributed by atoms with Crippen molar-refractivity contribution in [1.29, 1.82) is 0 Å². The highest BCUT2D eigenvalue weighted by molar-refractivity contribution is 5.80. The molecule has 0 radical (unpaired) electrons. The largest absolute Gasteiger partial charge is 0.355 e. The van der Waals surface area contributed by atoms with E-state index in [1.54, 1.807) is 0 Å². The van der Waals surface area contributed by atoms with Crippen molar-refractivity contribution in [3.63, 3.8) is 0 Å². The molecule has 0 spiro atoms. The van der Waals surface area contributed by atoms with Crippen molar-refractivity contribution >= 4 is 5.91 Å². The minimum atomic E-state index is -0.149. The van der Waals surface area contributed by atoms with Crippen LogP contribution in [0.3, 0.4) is 0 Å². The average molecular weight is 235 g/mol. The van der Waals surface area contributed by atoms with Crippen LogP contribution in [0.1, 0.15) is 50.0 Å². The molecule has 1 aliphatic carbocycles. The Morgan fingerprint density at radius 3 is 3.18 bits per heavy atom. The van der Waals surface area contributed by atoms with E-state index in [4.69, 9.17) is 5.73 Å². The van der Waals surface area contributed by atoms with Crippen molar-refractivity contribution < 1.29 is 4.79 Å². The number of aromatic nitrogens is 1. The summed E-state index contributed by atoms with van der Waals surface area (Å²) >= 11 is 0. The van der Waals surface area contributed by atoms with Gasteiger partial charge in [-0.3, -0.25) is 4.79 Å². The number of nitrogens with one attached hydrogen (secondary N) is 1. The molecule has 1 aromatic rings. The molecular weight excluding hydrogens is 214 g/mol. The summed E-state index contributed by atoms with van der Waals surface area (Å²) < 4.78 is 2.07. The fourth-order valence-corrected chi connectivity index (χ4v) is 2.56. The number of nitrogens with two attached hydrogens (primary N) is 1. The van der Waals surface area contributed by atoms with Crippen molar-refractivity contribution in [1.82, 2.24) is 9.88 Å². The highest BCUT2D eigenvalue weighted by atomic mass is 16.2. The number of fused-ring (bicyclic) bond motifs is 1. The lowest BCUT2D eigenvalue weighted by Gasteiger charge is -2.23. The van der Waals surface area contributed by atoms with Gasteiger partial charge < -0.3 is 15.6 Å². The SMILES string of the molecule is CCNC(=O)C(C)n1ccc2c1CCCC2N. The topological polar surface area (TPSA) is 60.0 Å². The number of carbonyl (C=O) groups is 1. The highest BCUT2D eigenvalue weighted by Crippen LogP contribution is 2.30. The molecule has 4 heteroatoms. The summed E-state index contributed by atoms with van der Waals surface area (Å²) in [6, 6.07) is 2.06. The van der Waals surface area contributed by atoms with E-state index in [1.165, 1.54) is 11.3 Å². The average Bonchev–Trinajstić information content (AvgIpc) is 2.73. The molecule has 0 fully saturated rings. The summed E-state index contributed by atoms with van der Waals surface area (Å²) in [5.41, 5.74) is 8.53. The van der Waals surface area contributed by atoms with Gasteiger partial charge in [-0.15, -0.1) is 0 Å². The van der Waals surface area contributed by atoms with E-state index in [0.29, 0.717) is 6.54 Å². The summed E-state index contributed by atoms with van der Waals surface area (Å²) in [5.74, 6) is 0.0741. The van der Waals surface area contributed by atoms with Gasteiger partial charge in [-0.05, 0) is 44.7 Å².